The van der Waals surface area contributed by atoms with E-state index in [2.05, 4.69) is 5.32 Å². The molecule has 0 saturated heterocycles. The number of anilines is 1. The molecule has 6 heteroatoms. The summed E-state index contributed by atoms with van der Waals surface area (Å²) in [6.45, 7) is 4.30. The molecule has 3 rings (SSSR count). The van der Waals surface area contributed by atoms with Crippen molar-refractivity contribution in [1.29, 1.82) is 0 Å². The van der Waals surface area contributed by atoms with Gasteiger partial charge in [0.15, 0.2) is 0 Å². The van der Waals surface area contributed by atoms with Gasteiger partial charge in [-0.05, 0) is 55.9 Å². The van der Waals surface area contributed by atoms with Gasteiger partial charge in [-0.3, -0.25) is 9.10 Å². The summed E-state index contributed by atoms with van der Waals surface area (Å²) in [6.07, 6.45) is 6.62. The van der Waals surface area contributed by atoms with Crippen molar-refractivity contribution in [2.24, 2.45) is 5.92 Å². The Morgan fingerprint density at radius 2 is 1.70 bits per heavy atom. The van der Waals surface area contributed by atoms with Crippen LogP contribution in [-0.2, 0) is 21.2 Å². The summed E-state index contributed by atoms with van der Waals surface area (Å²) in [6, 6.07) is 14.2. The summed E-state index contributed by atoms with van der Waals surface area (Å²) in [7, 11) is -3.87. The summed E-state index contributed by atoms with van der Waals surface area (Å²) >= 11 is 0. The number of aryl methyl sites for hydroxylation is 2. The molecular weight excluding hydrogens is 396 g/mol. The molecule has 0 spiro atoms. The van der Waals surface area contributed by atoms with Crippen LogP contribution in [0.25, 0.3) is 0 Å². The standard InChI is InChI=1S/C24H32N2O3S/c1-3-21-11-7-8-12-23(21)26(30(28,29)22-15-13-19(2)14-16-22)18-24(27)25-17-20-9-5-4-6-10-20/h7-8,11-16,20H,3-6,9-10,17-18H2,1-2H3,(H,25,27). The van der Waals surface area contributed by atoms with Gasteiger partial charge < -0.3 is 5.32 Å². The summed E-state index contributed by atoms with van der Waals surface area (Å²) in [5.74, 6) is 0.231. The topological polar surface area (TPSA) is 66.5 Å². The van der Waals surface area contributed by atoms with Crippen molar-refractivity contribution in [3.8, 4) is 0 Å². The molecule has 30 heavy (non-hydrogen) atoms. The Bertz CT molecular complexity index is 949. The molecule has 0 aliphatic heterocycles. The minimum Gasteiger partial charge on any atom is -0.354 e. The molecule has 1 amide bonds. The fourth-order valence-corrected chi connectivity index (χ4v) is 5.48. The first-order valence-corrected chi connectivity index (χ1v) is 12.3. The molecule has 162 valence electrons. The van der Waals surface area contributed by atoms with E-state index in [1.54, 1.807) is 30.3 Å². The number of sulfonamides is 1. The van der Waals surface area contributed by atoms with Gasteiger partial charge in [-0.25, -0.2) is 8.42 Å². The quantitative estimate of drug-likeness (QED) is 0.675. The van der Waals surface area contributed by atoms with E-state index in [1.165, 1.54) is 23.6 Å². The van der Waals surface area contributed by atoms with E-state index < -0.39 is 10.0 Å². The highest BCUT2D eigenvalue weighted by atomic mass is 32.2. The van der Waals surface area contributed by atoms with Crippen LogP contribution in [0.3, 0.4) is 0 Å². The SMILES string of the molecule is CCc1ccccc1N(CC(=O)NCC1CCCCC1)S(=O)(=O)c1ccc(C)cc1. The van der Waals surface area contributed by atoms with Gasteiger partial charge in [0, 0.05) is 6.54 Å². The van der Waals surface area contributed by atoms with Gasteiger partial charge in [-0.2, -0.15) is 0 Å². The van der Waals surface area contributed by atoms with Crippen LogP contribution in [0.4, 0.5) is 5.69 Å². The minimum absolute atomic E-state index is 0.194. The summed E-state index contributed by atoms with van der Waals surface area (Å²) in [5.41, 5.74) is 2.45. The van der Waals surface area contributed by atoms with Crippen LogP contribution in [0.2, 0.25) is 0 Å². The molecule has 1 aliphatic rings. The zero-order valence-corrected chi connectivity index (χ0v) is 18.7. The molecular formula is C24H32N2O3S. The number of rotatable bonds is 8. The van der Waals surface area contributed by atoms with Gasteiger partial charge in [0.1, 0.15) is 6.54 Å². The number of nitrogens with zero attached hydrogens (tertiary/aromatic N) is 1. The lowest BCUT2D eigenvalue weighted by Crippen LogP contribution is -2.42. The molecule has 1 saturated carbocycles. The van der Waals surface area contributed by atoms with E-state index in [1.807, 2.05) is 32.0 Å². The molecule has 2 aromatic rings. The summed E-state index contributed by atoms with van der Waals surface area (Å²) < 4.78 is 28.3. The number of nitrogens with one attached hydrogen (secondary N) is 1. The van der Waals surface area contributed by atoms with Crippen LogP contribution in [0, 0.1) is 12.8 Å². The minimum atomic E-state index is -3.87. The molecule has 0 radical (unpaired) electrons. The van der Waals surface area contributed by atoms with Crippen LogP contribution < -0.4 is 9.62 Å². The maximum Gasteiger partial charge on any atom is 0.264 e. The Labute approximate surface area is 180 Å². The molecule has 1 N–H and O–H groups in total. The second-order valence-electron chi connectivity index (χ2n) is 8.12. The van der Waals surface area contributed by atoms with Crippen LogP contribution in [0.5, 0.6) is 0 Å². The number of para-hydroxylation sites is 1. The first-order valence-electron chi connectivity index (χ1n) is 10.9. The number of amides is 1. The maximum atomic E-state index is 13.5. The number of hydrogen-bond acceptors (Lipinski definition) is 3. The molecule has 0 atom stereocenters. The highest BCUT2D eigenvalue weighted by Gasteiger charge is 2.28. The van der Waals surface area contributed by atoms with Crippen LogP contribution >= 0.6 is 0 Å². The van der Waals surface area contributed by atoms with Crippen molar-refractivity contribution in [2.75, 3.05) is 17.4 Å². The highest BCUT2D eigenvalue weighted by molar-refractivity contribution is 7.92. The Morgan fingerprint density at radius 1 is 1.03 bits per heavy atom. The van der Waals surface area contributed by atoms with Crippen molar-refractivity contribution in [3.63, 3.8) is 0 Å². The van der Waals surface area contributed by atoms with Crippen molar-refractivity contribution >= 4 is 21.6 Å². The predicted molar refractivity (Wildman–Crippen MR) is 121 cm³/mol. The average molecular weight is 429 g/mol. The largest absolute Gasteiger partial charge is 0.354 e. The Balaban J connectivity index is 1.85. The lowest BCUT2D eigenvalue weighted by Gasteiger charge is -2.27. The van der Waals surface area contributed by atoms with Gasteiger partial charge in [-0.1, -0.05) is 62.1 Å². The lowest BCUT2D eigenvalue weighted by atomic mass is 9.89. The predicted octanol–water partition coefficient (Wildman–Crippen LogP) is 4.45. The Kier molecular flexibility index (Phi) is 7.53. The van der Waals surface area contributed by atoms with Crippen LogP contribution in [0.15, 0.2) is 53.4 Å². The second kappa shape index (κ2) is 10.1. The average Bonchev–Trinajstić information content (AvgIpc) is 2.77. The van der Waals surface area contributed by atoms with Crippen LogP contribution in [-0.4, -0.2) is 27.4 Å². The van der Waals surface area contributed by atoms with Crippen molar-refractivity contribution in [1.82, 2.24) is 5.32 Å². The Hall–Kier alpha value is -2.34. The maximum absolute atomic E-state index is 13.5. The Morgan fingerprint density at radius 3 is 2.37 bits per heavy atom. The van der Waals surface area contributed by atoms with E-state index >= 15 is 0 Å². The third-order valence-corrected chi connectivity index (χ3v) is 7.62. The smallest absolute Gasteiger partial charge is 0.264 e. The van der Waals surface area contributed by atoms with E-state index in [4.69, 9.17) is 0 Å². The van der Waals surface area contributed by atoms with Gasteiger partial charge in [0.2, 0.25) is 5.91 Å². The zero-order chi connectivity index (χ0) is 21.6. The monoisotopic (exact) mass is 428 g/mol. The van der Waals surface area contributed by atoms with E-state index in [0.29, 0.717) is 24.6 Å². The molecule has 5 nitrogen and oxygen atoms in total. The third-order valence-electron chi connectivity index (χ3n) is 5.85. The first kappa shape index (κ1) is 22.3. The molecule has 2 aromatic carbocycles. The molecule has 1 aliphatic carbocycles. The number of carbonyl (C=O) groups is 1. The zero-order valence-electron chi connectivity index (χ0n) is 17.9. The van der Waals surface area contributed by atoms with Crippen molar-refractivity contribution < 1.29 is 13.2 Å². The molecule has 1 fully saturated rings. The third kappa shape index (κ3) is 5.42. The van der Waals surface area contributed by atoms with Gasteiger partial charge >= 0.3 is 0 Å². The van der Waals surface area contributed by atoms with E-state index in [-0.39, 0.29) is 17.3 Å². The van der Waals surface area contributed by atoms with Crippen molar-refractivity contribution in [2.45, 2.75) is 57.3 Å². The fraction of sp³-hybridized carbons (Fsp3) is 0.458. The number of carbonyl (C=O) groups excluding carboxylic acids is 1. The van der Waals surface area contributed by atoms with Crippen molar-refractivity contribution in [3.05, 3.63) is 59.7 Å². The van der Waals surface area contributed by atoms with Gasteiger partial charge in [0.25, 0.3) is 10.0 Å². The molecule has 0 heterocycles. The highest BCUT2D eigenvalue weighted by Crippen LogP contribution is 2.28. The molecule has 0 bridgehead atoms. The molecule has 0 unspecified atom stereocenters. The summed E-state index contributed by atoms with van der Waals surface area (Å²) in [5, 5.41) is 2.98. The fourth-order valence-electron chi connectivity index (χ4n) is 4.03. The van der Waals surface area contributed by atoms with Gasteiger partial charge in [-0.15, -0.1) is 0 Å². The summed E-state index contributed by atoms with van der Waals surface area (Å²) in [4.78, 5) is 13.0. The normalized spacial score (nSPS) is 15.0. The number of hydrogen-bond donors (Lipinski definition) is 1. The number of benzene rings is 2. The van der Waals surface area contributed by atoms with Crippen LogP contribution in [0.1, 0.15) is 50.2 Å². The lowest BCUT2D eigenvalue weighted by molar-refractivity contribution is -0.119. The first-order chi connectivity index (χ1) is 14.4. The second-order valence-corrected chi connectivity index (χ2v) is 9.98. The van der Waals surface area contributed by atoms with E-state index in [0.717, 1.165) is 24.0 Å². The van der Waals surface area contributed by atoms with Gasteiger partial charge in [0.05, 0.1) is 10.6 Å². The molecule has 0 aromatic heterocycles. The van der Waals surface area contributed by atoms with E-state index in [9.17, 15) is 13.2 Å².